The number of aliphatic hydroxyl groups excluding tert-OH is 1. The number of ether oxygens (including phenoxy) is 2. The highest BCUT2D eigenvalue weighted by atomic mass is 16.6. The number of benzene rings is 3. The van der Waals surface area contributed by atoms with Gasteiger partial charge in [0.05, 0.1) is 47.5 Å². The van der Waals surface area contributed by atoms with Gasteiger partial charge in [-0.1, -0.05) is 30.3 Å². The number of imide groups is 1. The largest absolute Gasteiger partial charge is 0.493 e. The molecule has 3 fully saturated rings. The van der Waals surface area contributed by atoms with Crippen LogP contribution in [0.15, 0.2) is 60.7 Å². The van der Waals surface area contributed by atoms with Gasteiger partial charge in [0.1, 0.15) is 11.4 Å². The molecule has 0 unspecified atom stereocenters. The lowest BCUT2D eigenvalue weighted by Crippen LogP contribution is -2.49. The number of nitrogens with one attached hydrogen (secondary N) is 1. The number of H-pyrrole nitrogens is 1. The molecule has 2 bridgehead atoms. The Bertz CT molecular complexity index is 1740. The highest BCUT2D eigenvalue weighted by molar-refractivity contribution is 6.26. The van der Waals surface area contributed by atoms with E-state index in [0.717, 1.165) is 22.3 Å². The van der Waals surface area contributed by atoms with Crippen molar-refractivity contribution in [1.29, 1.82) is 5.26 Å². The summed E-state index contributed by atoms with van der Waals surface area (Å²) in [6.45, 7) is 3.98. The summed E-state index contributed by atoms with van der Waals surface area (Å²) in [6.07, 6.45) is -0.284. The fourth-order valence-electron chi connectivity index (χ4n) is 7.16. The number of fused-ring (bicyclic) bond motifs is 7. The minimum atomic E-state index is -1.17. The average molecular weight is 522 g/mol. The lowest BCUT2D eigenvalue weighted by Gasteiger charge is -2.33. The summed E-state index contributed by atoms with van der Waals surface area (Å²) in [6, 6.07) is 20.6. The second-order valence-electron chi connectivity index (χ2n) is 11.1. The van der Waals surface area contributed by atoms with Gasteiger partial charge in [0, 0.05) is 40.2 Å². The third-order valence-corrected chi connectivity index (χ3v) is 8.92. The number of aryl methyl sites for hydroxylation is 1. The molecule has 3 aliphatic rings. The first kappa shape index (κ1) is 23.9. The topological polar surface area (TPSA) is 116 Å². The van der Waals surface area contributed by atoms with Gasteiger partial charge in [-0.05, 0) is 44.2 Å². The van der Waals surface area contributed by atoms with Crippen LogP contribution in [0.25, 0.3) is 21.7 Å². The molecule has 3 saturated heterocycles. The molecule has 7 rings (SSSR count). The van der Waals surface area contributed by atoms with Gasteiger partial charge >= 0.3 is 0 Å². The Balaban J connectivity index is 1.23. The number of nitrogens with zero attached hydrogens (tertiary/aromatic N) is 2. The van der Waals surface area contributed by atoms with Crippen LogP contribution in [-0.4, -0.2) is 45.8 Å². The Kier molecular flexibility index (Phi) is 5.00. The van der Waals surface area contributed by atoms with Crippen LogP contribution in [0.1, 0.15) is 31.0 Å². The van der Waals surface area contributed by atoms with Crippen molar-refractivity contribution >= 4 is 39.2 Å². The smallest absolute Gasteiger partial charge is 0.240 e. The first-order chi connectivity index (χ1) is 18.8. The van der Waals surface area contributed by atoms with Gasteiger partial charge in [0.25, 0.3) is 0 Å². The number of aromatic amines is 1. The van der Waals surface area contributed by atoms with E-state index in [4.69, 9.17) is 9.47 Å². The molecule has 4 aromatic rings. The molecule has 2 N–H and O–H groups in total. The van der Waals surface area contributed by atoms with E-state index in [1.165, 1.54) is 4.90 Å². The molecule has 8 nitrogen and oxygen atoms in total. The minimum Gasteiger partial charge on any atom is -0.493 e. The molecule has 0 spiro atoms. The predicted octanol–water partition coefficient (Wildman–Crippen LogP) is 4.37. The fraction of sp³-hybridized carbons (Fsp3) is 0.323. The predicted molar refractivity (Wildman–Crippen MR) is 144 cm³/mol. The van der Waals surface area contributed by atoms with E-state index >= 15 is 0 Å². The highest BCUT2D eigenvalue weighted by Gasteiger charge is 2.77. The molecule has 0 radical (unpaired) electrons. The summed E-state index contributed by atoms with van der Waals surface area (Å²) >= 11 is 0. The van der Waals surface area contributed by atoms with E-state index < -0.39 is 29.1 Å². The van der Waals surface area contributed by atoms with Crippen molar-refractivity contribution in [2.45, 2.75) is 44.0 Å². The number of amides is 2. The quantitative estimate of drug-likeness (QED) is 0.377. The maximum absolute atomic E-state index is 14.1. The van der Waals surface area contributed by atoms with Gasteiger partial charge in [0.2, 0.25) is 11.8 Å². The normalized spacial score (nSPS) is 29.4. The first-order valence-electron chi connectivity index (χ1n) is 13.2. The van der Waals surface area contributed by atoms with E-state index in [1.807, 2.05) is 55.5 Å². The summed E-state index contributed by atoms with van der Waals surface area (Å²) < 4.78 is 12.6. The number of carbonyl (C=O) groups is 2. The molecule has 0 saturated carbocycles. The van der Waals surface area contributed by atoms with Gasteiger partial charge in [-0.3, -0.25) is 9.59 Å². The molecule has 196 valence electrons. The Morgan fingerprint density at radius 2 is 1.85 bits per heavy atom. The first-order valence-corrected chi connectivity index (χ1v) is 13.2. The van der Waals surface area contributed by atoms with E-state index in [2.05, 4.69) is 11.1 Å². The van der Waals surface area contributed by atoms with Crippen LogP contribution in [-0.2, 0) is 14.3 Å². The van der Waals surface area contributed by atoms with Crippen LogP contribution < -0.4 is 9.64 Å². The van der Waals surface area contributed by atoms with Crippen molar-refractivity contribution < 1.29 is 24.2 Å². The van der Waals surface area contributed by atoms with Crippen molar-refractivity contribution in [2.24, 2.45) is 11.8 Å². The summed E-state index contributed by atoms with van der Waals surface area (Å²) in [5.74, 6) is -1.53. The third-order valence-electron chi connectivity index (χ3n) is 8.92. The zero-order valence-corrected chi connectivity index (χ0v) is 21.6. The summed E-state index contributed by atoms with van der Waals surface area (Å²) in [5, 5.41) is 22.9. The number of rotatable bonds is 5. The van der Waals surface area contributed by atoms with Crippen molar-refractivity contribution in [1.82, 2.24) is 4.98 Å². The van der Waals surface area contributed by atoms with Gasteiger partial charge in [-0.25, -0.2) is 4.90 Å². The fourth-order valence-corrected chi connectivity index (χ4v) is 7.16. The van der Waals surface area contributed by atoms with Gasteiger partial charge in [0.15, 0.2) is 0 Å². The average Bonchev–Trinajstić information content (AvgIpc) is 3.59. The van der Waals surface area contributed by atoms with Crippen LogP contribution in [0.3, 0.4) is 0 Å². The maximum atomic E-state index is 14.1. The molecule has 3 aromatic carbocycles. The number of aromatic nitrogens is 1. The molecular weight excluding hydrogens is 494 g/mol. The summed E-state index contributed by atoms with van der Waals surface area (Å²) in [5.41, 5.74) is 0.734. The van der Waals surface area contributed by atoms with Crippen LogP contribution >= 0.6 is 0 Å². The van der Waals surface area contributed by atoms with Crippen molar-refractivity contribution in [3.63, 3.8) is 0 Å². The van der Waals surface area contributed by atoms with Gasteiger partial charge in [-0.15, -0.1) is 0 Å². The highest BCUT2D eigenvalue weighted by Crippen LogP contribution is 2.62. The van der Waals surface area contributed by atoms with E-state index in [1.54, 1.807) is 19.1 Å². The second-order valence-corrected chi connectivity index (χ2v) is 11.1. The zero-order chi connectivity index (χ0) is 27.1. The van der Waals surface area contributed by atoms with E-state index in [0.29, 0.717) is 28.4 Å². The number of nitriles is 1. The molecule has 5 atom stereocenters. The lowest BCUT2D eigenvalue weighted by molar-refractivity contribution is -0.134. The van der Waals surface area contributed by atoms with Crippen LogP contribution in [0, 0.1) is 30.1 Å². The molecule has 0 aliphatic carbocycles. The molecule has 4 heterocycles. The zero-order valence-electron chi connectivity index (χ0n) is 21.6. The standard InChI is InChI=1S/C31H27N3O5/c1-17-14-21-22(33-17)8-5-9-24(21)38-13-12-31-15-25(35)30(2,39-31)26-27(31)29(37)34(28(26)36)23-11-10-18(16-32)19-6-3-4-7-20(19)23/h3-11,14,25-27,33,35H,12-13,15H2,1-2H3/t25-,26-,27+,30-,31+/m0/s1. The lowest BCUT2D eigenvalue weighted by atomic mass is 9.66. The van der Waals surface area contributed by atoms with Crippen LogP contribution in [0.2, 0.25) is 0 Å². The van der Waals surface area contributed by atoms with Crippen LogP contribution in [0.4, 0.5) is 5.69 Å². The molecular formula is C31H27N3O5. The number of hydrogen-bond acceptors (Lipinski definition) is 6. The van der Waals surface area contributed by atoms with Crippen LogP contribution in [0.5, 0.6) is 5.75 Å². The number of carbonyl (C=O) groups excluding carboxylic acids is 2. The van der Waals surface area contributed by atoms with Crippen molar-refractivity contribution in [2.75, 3.05) is 11.5 Å². The maximum Gasteiger partial charge on any atom is 0.240 e. The monoisotopic (exact) mass is 521 g/mol. The molecule has 8 heteroatoms. The van der Waals surface area contributed by atoms with E-state index in [-0.39, 0.29) is 24.8 Å². The van der Waals surface area contributed by atoms with Gasteiger partial charge in [-0.2, -0.15) is 5.26 Å². The summed E-state index contributed by atoms with van der Waals surface area (Å²) in [7, 11) is 0. The minimum absolute atomic E-state index is 0.252. The second kappa shape index (κ2) is 8.15. The Morgan fingerprint density at radius 3 is 2.64 bits per heavy atom. The van der Waals surface area contributed by atoms with Crippen molar-refractivity contribution in [3.05, 3.63) is 71.9 Å². The number of anilines is 1. The SMILES string of the molecule is Cc1cc2c(OCC[C@]34C[C@H](O)[C@](C)(O3)[C@@H]3C(=O)N(c5ccc(C#N)c6ccccc56)C(=O)[C@@H]34)cccc2[nH]1. The molecule has 3 aliphatic heterocycles. The van der Waals surface area contributed by atoms with Crippen molar-refractivity contribution in [3.8, 4) is 11.8 Å². The molecule has 39 heavy (non-hydrogen) atoms. The summed E-state index contributed by atoms with van der Waals surface area (Å²) in [4.78, 5) is 32.6. The number of aliphatic hydroxyl groups is 1. The van der Waals surface area contributed by atoms with Gasteiger partial charge < -0.3 is 19.6 Å². The number of hydrogen-bond donors (Lipinski definition) is 2. The third kappa shape index (κ3) is 3.17. The molecule has 1 aromatic heterocycles. The molecule has 2 amide bonds. The Morgan fingerprint density at radius 1 is 1.08 bits per heavy atom. The Labute approximate surface area is 224 Å². The van der Waals surface area contributed by atoms with E-state index in [9.17, 15) is 20.0 Å². The Hall–Kier alpha value is -4.19.